The molecule has 4 rings (SSSR count). The summed E-state index contributed by atoms with van der Waals surface area (Å²) in [5, 5.41) is 10.2. The molecule has 0 saturated heterocycles. The van der Waals surface area contributed by atoms with Gasteiger partial charge in [0.15, 0.2) is 0 Å². The van der Waals surface area contributed by atoms with Crippen molar-refractivity contribution in [1.29, 1.82) is 0 Å². The van der Waals surface area contributed by atoms with Crippen LogP contribution in [0.25, 0.3) is 0 Å². The Labute approximate surface area is 189 Å². The lowest BCUT2D eigenvalue weighted by molar-refractivity contribution is -0.310. The summed E-state index contributed by atoms with van der Waals surface area (Å²) in [6, 6.07) is 0. The molecule has 1 N–H and O–H groups in total. The van der Waals surface area contributed by atoms with E-state index in [0.717, 1.165) is 25.2 Å². The van der Waals surface area contributed by atoms with Crippen LogP contribution in [-0.2, 0) is 9.78 Å². The molecule has 4 aliphatic rings. The largest absolute Gasteiger partial charge is 0.393 e. The van der Waals surface area contributed by atoms with Gasteiger partial charge in [0.2, 0.25) is 0 Å². The number of aliphatic hydroxyl groups is 1. The number of hydrogen-bond acceptors (Lipinski definition) is 3. The van der Waals surface area contributed by atoms with Gasteiger partial charge < -0.3 is 5.11 Å². The van der Waals surface area contributed by atoms with Gasteiger partial charge in [-0.3, -0.25) is 0 Å². The molecule has 1 aliphatic heterocycles. The van der Waals surface area contributed by atoms with Gasteiger partial charge in [0.25, 0.3) is 0 Å². The third kappa shape index (κ3) is 4.75. The quantitative estimate of drug-likeness (QED) is 0.387. The second-order valence-electron chi connectivity index (χ2n) is 11.5. The fourth-order valence-corrected chi connectivity index (χ4v) is 6.89. The molecule has 3 aliphatic carbocycles. The second kappa shape index (κ2) is 9.53. The van der Waals surface area contributed by atoms with Gasteiger partial charge in [0.05, 0.1) is 6.10 Å². The van der Waals surface area contributed by atoms with E-state index in [1.54, 1.807) is 5.57 Å². The number of rotatable bonds is 5. The van der Waals surface area contributed by atoms with Crippen LogP contribution >= 0.6 is 0 Å². The molecular weight excluding hydrogens is 384 g/mol. The van der Waals surface area contributed by atoms with E-state index in [-0.39, 0.29) is 12.2 Å². The average Bonchev–Trinajstić information content (AvgIpc) is 3.10. The number of aliphatic hydroxyl groups excluding tert-OH is 1. The SMILES string of the molecule is CC(C)[C@@H](C)/C=C/[C@@H](C)[C@H]1CC[C@H]2/C(=C/[C@H]3OOCC4=C3C[C@@H](O)CC4)CCC[C@]12C. The van der Waals surface area contributed by atoms with Crippen molar-refractivity contribution < 1.29 is 14.9 Å². The zero-order valence-corrected chi connectivity index (χ0v) is 20.4. The first-order valence-corrected chi connectivity index (χ1v) is 12.9. The van der Waals surface area contributed by atoms with Crippen LogP contribution in [0.5, 0.6) is 0 Å². The normalized spacial score (nSPS) is 39.8. The lowest BCUT2D eigenvalue weighted by Crippen LogP contribution is -2.36. The van der Waals surface area contributed by atoms with E-state index >= 15 is 0 Å². The van der Waals surface area contributed by atoms with Gasteiger partial charge in [-0.25, -0.2) is 9.78 Å². The van der Waals surface area contributed by atoms with E-state index in [9.17, 15) is 5.11 Å². The van der Waals surface area contributed by atoms with E-state index in [1.807, 2.05) is 0 Å². The highest BCUT2D eigenvalue weighted by Crippen LogP contribution is 2.59. The summed E-state index contributed by atoms with van der Waals surface area (Å²) in [7, 11) is 0. The average molecular weight is 429 g/mol. The Kier molecular flexibility index (Phi) is 7.15. The highest BCUT2D eigenvalue weighted by Gasteiger charge is 2.50. The van der Waals surface area contributed by atoms with Crippen molar-refractivity contribution in [1.82, 2.24) is 0 Å². The number of hydrogen-bond donors (Lipinski definition) is 1. The highest BCUT2D eigenvalue weighted by atomic mass is 17.2. The Morgan fingerprint density at radius 3 is 2.65 bits per heavy atom. The van der Waals surface area contributed by atoms with E-state index in [0.29, 0.717) is 35.7 Å². The fraction of sp³-hybridized carbons (Fsp3) is 0.786. The smallest absolute Gasteiger partial charge is 0.133 e. The van der Waals surface area contributed by atoms with Crippen LogP contribution in [0, 0.1) is 35.0 Å². The van der Waals surface area contributed by atoms with Gasteiger partial charge in [0.1, 0.15) is 12.7 Å². The fourth-order valence-electron chi connectivity index (χ4n) is 6.89. The van der Waals surface area contributed by atoms with Gasteiger partial charge in [0, 0.05) is 0 Å². The maximum Gasteiger partial charge on any atom is 0.133 e. The molecule has 7 atom stereocenters. The molecule has 1 heterocycles. The molecule has 0 spiro atoms. The Hall–Kier alpha value is -0.900. The Morgan fingerprint density at radius 2 is 1.87 bits per heavy atom. The van der Waals surface area contributed by atoms with Gasteiger partial charge in [-0.2, -0.15) is 0 Å². The molecule has 2 fully saturated rings. The van der Waals surface area contributed by atoms with Crippen molar-refractivity contribution in [2.45, 2.75) is 98.2 Å². The molecule has 3 heteroatoms. The van der Waals surface area contributed by atoms with Crippen molar-refractivity contribution >= 4 is 0 Å². The van der Waals surface area contributed by atoms with Crippen LogP contribution in [0.15, 0.2) is 34.9 Å². The minimum Gasteiger partial charge on any atom is -0.393 e. The number of allylic oxidation sites excluding steroid dienone is 3. The van der Waals surface area contributed by atoms with Crippen LogP contribution in [0.4, 0.5) is 0 Å². The van der Waals surface area contributed by atoms with Gasteiger partial charge in [-0.15, -0.1) is 0 Å². The Balaban J connectivity index is 1.52. The third-order valence-corrected chi connectivity index (χ3v) is 9.25. The van der Waals surface area contributed by atoms with Crippen LogP contribution in [0.2, 0.25) is 0 Å². The predicted octanol–water partition coefficient (Wildman–Crippen LogP) is 6.79. The summed E-state index contributed by atoms with van der Waals surface area (Å²) >= 11 is 0. The summed E-state index contributed by atoms with van der Waals surface area (Å²) in [5.74, 6) is 3.40. The highest BCUT2D eigenvalue weighted by molar-refractivity contribution is 5.31. The molecular formula is C28H44O3. The molecule has 2 saturated carbocycles. The van der Waals surface area contributed by atoms with Crippen LogP contribution in [0.3, 0.4) is 0 Å². The zero-order chi connectivity index (χ0) is 22.2. The van der Waals surface area contributed by atoms with Crippen molar-refractivity contribution in [3.63, 3.8) is 0 Å². The molecule has 0 unspecified atom stereocenters. The lowest BCUT2D eigenvalue weighted by Gasteiger charge is -2.44. The summed E-state index contributed by atoms with van der Waals surface area (Å²) < 4.78 is 0. The van der Waals surface area contributed by atoms with Crippen molar-refractivity contribution in [3.05, 3.63) is 34.9 Å². The van der Waals surface area contributed by atoms with Gasteiger partial charge in [-0.1, -0.05) is 52.3 Å². The first-order valence-electron chi connectivity index (χ1n) is 12.9. The monoisotopic (exact) mass is 428 g/mol. The molecule has 0 aromatic rings. The molecule has 0 radical (unpaired) electrons. The van der Waals surface area contributed by atoms with E-state index < -0.39 is 0 Å². The van der Waals surface area contributed by atoms with Crippen molar-refractivity contribution in [2.75, 3.05) is 6.61 Å². The minimum atomic E-state index is -0.227. The van der Waals surface area contributed by atoms with Gasteiger partial charge >= 0.3 is 0 Å². The van der Waals surface area contributed by atoms with E-state index in [4.69, 9.17) is 9.78 Å². The summed E-state index contributed by atoms with van der Waals surface area (Å²) in [6.07, 6.45) is 16.0. The van der Waals surface area contributed by atoms with E-state index in [1.165, 1.54) is 43.3 Å². The first-order chi connectivity index (χ1) is 14.8. The predicted molar refractivity (Wildman–Crippen MR) is 126 cm³/mol. The van der Waals surface area contributed by atoms with Crippen LogP contribution < -0.4 is 0 Å². The maximum atomic E-state index is 10.2. The first kappa shape index (κ1) is 23.3. The Morgan fingerprint density at radius 1 is 1.06 bits per heavy atom. The maximum absolute atomic E-state index is 10.2. The second-order valence-corrected chi connectivity index (χ2v) is 11.5. The molecule has 0 bridgehead atoms. The Bertz CT molecular complexity index is 733. The standard InChI is InChI=1S/C28H44O3/c1-18(2)19(3)8-9-20(4)25-12-13-26-21(7-6-14-28(25,26)5)15-27-24-16-23(29)11-10-22(24)17-30-31-27/h8-9,15,18-20,23,25-27,29H,6-7,10-14,16-17H2,1-5H3/b9-8+,21-15+/t19-,20+,23-,25+,26-,27+,28+/m0/s1. The molecule has 0 aromatic carbocycles. The minimum absolute atomic E-state index is 0.0979. The molecule has 0 amide bonds. The molecule has 174 valence electrons. The lowest BCUT2D eigenvalue weighted by atomic mass is 9.61. The third-order valence-electron chi connectivity index (χ3n) is 9.25. The zero-order valence-electron chi connectivity index (χ0n) is 20.4. The molecule has 0 aromatic heterocycles. The summed E-state index contributed by atoms with van der Waals surface area (Å²) in [5.41, 5.74) is 4.62. The van der Waals surface area contributed by atoms with E-state index in [2.05, 4.69) is 52.8 Å². The number of fused-ring (bicyclic) bond motifs is 1. The van der Waals surface area contributed by atoms with Crippen LogP contribution in [0.1, 0.15) is 86.0 Å². The molecule has 31 heavy (non-hydrogen) atoms. The summed E-state index contributed by atoms with van der Waals surface area (Å²) in [4.78, 5) is 11.3. The topological polar surface area (TPSA) is 38.7 Å². The van der Waals surface area contributed by atoms with Crippen molar-refractivity contribution in [2.24, 2.45) is 35.0 Å². The molecule has 3 nitrogen and oxygen atoms in total. The summed E-state index contributed by atoms with van der Waals surface area (Å²) in [6.45, 7) is 12.5. The van der Waals surface area contributed by atoms with Crippen LogP contribution in [-0.4, -0.2) is 23.9 Å². The van der Waals surface area contributed by atoms with Gasteiger partial charge in [-0.05, 0) is 104 Å². The van der Waals surface area contributed by atoms with Crippen molar-refractivity contribution in [3.8, 4) is 0 Å².